The molecule has 7 heteroatoms. The van der Waals surface area contributed by atoms with Crippen LogP contribution in [0.4, 0.5) is 0 Å². The van der Waals surface area contributed by atoms with E-state index in [0.29, 0.717) is 0 Å². The number of nitrogens with one attached hydrogen (secondary N) is 1. The average Bonchev–Trinajstić information content (AvgIpc) is 2.51. The van der Waals surface area contributed by atoms with E-state index >= 15 is 0 Å². The van der Waals surface area contributed by atoms with Gasteiger partial charge in [0.1, 0.15) is 10.6 Å². The van der Waals surface area contributed by atoms with Gasteiger partial charge in [0.2, 0.25) is 11.6 Å². The second-order valence-electron chi connectivity index (χ2n) is 6.58. The first-order valence-corrected chi connectivity index (χ1v) is 9.88. The number of carbonyl (C=O) groups is 2. The van der Waals surface area contributed by atoms with Crippen LogP contribution in [0.2, 0.25) is 0 Å². The van der Waals surface area contributed by atoms with Gasteiger partial charge in [0, 0.05) is 12.1 Å². The Bertz CT molecular complexity index is 838. The standard InChI is InChI=1S/C18H24N2O4S/c1-11(2)5-4-6-12(3)7-8-13-14(19)17(22)18-15(16(13)21)20-9-10-25(18,23)24/h5,7,20H,4,6,8-10,19H2,1-3H3/b12-7+. The van der Waals surface area contributed by atoms with Crippen LogP contribution in [-0.2, 0) is 19.4 Å². The van der Waals surface area contributed by atoms with Crippen molar-refractivity contribution in [2.24, 2.45) is 5.73 Å². The van der Waals surface area contributed by atoms with E-state index in [1.54, 1.807) is 0 Å². The van der Waals surface area contributed by atoms with Crippen LogP contribution >= 0.6 is 0 Å². The summed E-state index contributed by atoms with van der Waals surface area (Å²) >= 11 is 0. The molecule has 0 aromatic carbocycles. The maximum Gasteiger partial charge on any atom is 0.222 e. The van der Waals surface area contributed by atoms with Crippen LogP contribution in [0.25, 0.3) is 0 Å². The lowest BCUT2D eigenvalue weighted by molar-refractivity contribution is -0.116. The van der Waals surface area contributed by atoms with E-state index in [-0.39, 0.29) is 35.7 Å². The van der Waals surface area contributed by atoms with Crippen molar-refractivity contribution in [3.8, 4) is 0 Å². The first-order valence-electron chi connectivity index (χ1n) is 8.23. The van der Waals surface area contributed by atoms with Gasteiger partial charge in [-0.05, 0) is 40.0 Å². The van der Waals surface area contributed by atoms with Crippen molar-refractivity contribution < 1.29 is 18.0 Å². The van der Waals surface area contributed by atoms with Gasteiger partial charge in [-0.25, -0.2) is 8.42 Å². The summed E-state index contributed by atoms with van der Waals surface area (Å²) in [6.45, 7) is 6.14. The molecular formula is C18H24N2O4S. The summed E-state index contributed by atoms with van der Waals surface area (Å²) in [5.74, 6) is -1.48. The molecule has 0 aromatic heterocycles. The van der Waals surface area contributed by atoms with E-state index in [4.69, 9.17) is 5.73 Å². The highest BCUT2D eigenvalue weighted by atomic mass is 32.2. The highest BCUT2D eigenvalue weighted by Crippen LogP contribution is 2.29. The molecule has 2 rings (SSSR count). The Hall–Kier alpha value is -2.15. The summed E-state index contributed by atoms with van der Waals surface area (Å²) in [5.41, 5.74) is 7.92. The van der Waals surface area contributed by atoms with Gasteiger partial charge in [-0.15, -0.1) is 0 Å². The zero-order valence-corrected chi connectivity index (χ0v) is 15.6. The second kappa shape index (κ2) is 7.39. The predicted molar refractivity (Wildman–Crippen MR) is 97.1 cm³/mol. The van der Waals surface area contributed by atoms with Crippen LogP contribution in [0.5, 0.6) is 0 Å². The smallest absolute Gasteiger partial charge is 0.222 e. The average molecular weight is 364 g/mol. The molecule has 0 radical (unpaired) electrons. The number of ketones is 2. The van der Waals surface area contributed by atoms with E-state index < -0.39 is 26.3 Å². The van der Waals surface area contributed by atoms with Crippen molar-refractivity contribution in [2.75, 3.05) is 12.3 Å². The summed E-state index contributed by atoms with van der Waals surface area (Å²) in [5, 5.41) is 2.75. The molecule has 25 heavy (non-hydrogen) atoms. The molecule has 0 fully saturated rings. The van der Waals surface area contributed by atoms with Crippen molar-refractivity contribution >= 4 is 21.4 Å². The quantitative estimate of drug-likeness (QED) is 0.568. The Kier molecular flexibility index (Phi) is 5.67. The first kappa shape index (κ1) is 19.2. The molecule has 1 aliphatic heterocycles. The van der Waals surface area contributed by atoms with Crippen molar-refractivity contribution in [3.63, 3.8) is 0 Å². The lowest BCUT2D eigenvalue weighted by atomic mass is 9.93. The minimum absolute atomic E-state index is 0.116. The molecule has 0 saturated heterocycles. The zero-order valence-electron chi connectivity index (χ0n) is 14.8. The number of sulfone groups is 1. The molecule has 1 aliphatic carbocycles. The highest BCUT2D eigenvalue weighted by molar-refractivity contribution is 7.96. The number of rotatable bonds is 5. The third kappa shape index (κ3) is 4.10. The van der Waals surface area contributed by atoms with Gasteiger partial charge < -0.3 is 11.1 Å². The molecule has 0 amide bonds. The molecule has 0 unspecified atom stereocenters. The van der Waals surface area contributed by atoms with Crippen LogP contribution in [-0.4, -0.2) is 32.3 Å². The van der Waals surface area contributed by atoms with Crippen LogP contribution in [0.1, 0.15) is 40.0 Å². The number of nitrogens with two attached hydrogens (primary N) is 1. The van der Waals surface area contributed by atoms with Gasteiger partial charge in [0.25, 0.3) is 0 Å². The van der Waals surface area contributed by atoms with E-state index in [2.05, 4.69) is 11.4 Å². The number of hydrogen-bond acceptors (Lipinski definition) is 6. The maximum absolute atomic E-state index is 12.6. The van der Waals surface area contributed by atoms with Gasteiger partial charge in [-0.1, -0.05) is 23.3 Å². The molecule has 0 bridgehead atoms. The fraction of sp³-hybridized carbons (Fsp3) is 0.444. The first-order chi connectivity index (χ1) is 11.6. The van der Waals surface area contributed by atoms with Crippen LogP contribution in [0.15, 0.2) is 45.2 Å². The summed E-state index contributed by atoms with van der Waals surface area (Å²) in [7, 11) is -3.76. The van der Waals surface area contributed by atoms with Crippen molar-refractivity contribution in [3.05, 3.63) is 45.2 Å². The fourth-order valence-corrected chi connectivity index (χ4v) is 4.23. The number of hydrogen-bond donors (Lipinski definition) is 2. The molecule has 2 aliphatic rings. The lowest BCUT2D eigenvalue weighted by Crippen LogP contribution is -2.42. The fourth-order valence-electron chi connectivity index (χ4n) is 2.79. The molecule has 1 heterocycles. The third-order valence-electron chi connectivity index (χ3n) is 4.23. The Morgan fingerprint density at radius 2 is 1.84 bits per heavy atom. The van der Waals surface area contributed by atoms with Gasteiger partial charge in [-0.3, -0.25) is 9.59 Å². The summed E-state index contributed by atoms with van der Waals surface area (Å²) in [6.07, 6.45) is 5.97. The van der Waals surface area contributed by atoms with Crippen molar-refractivity contribution in [1.29, 1.82) is 0 Å². The van der Waals surface area contributed by atoms with Crippen LogP contribution < -0.4 is 11.1 Å². The summed E-state index contributed by atoms with van der Waals surface area (Å²) < 4.78 is 24.2. The predicted octanol–water partition coefficient (Wildman–Crippen LogP) is 1.66. The molecule has 0 saturated carbocycles. The normalized spacial score (nSPS) is 20.4. The summed E-state index contributed by atoms with van der Waals surface area (Å²) in [4.78, 5) is 24.5. The van der Waals surface area contributed by atoms with Gasteiger partial charge in [0.15, 0.2) is 9.84 Å². The molecular weight excluding hydrogens is 340 g/mol. The third-order valence-corrected chi connectivity index (χ3v) is 5.99. The SMILES string of the molecule is CC(C)=CCC/C(C)=C/CC1=C(N)C(=O)C2=C(NCCS2(=O)=O)C1=O. The number of Topliss-reactive ketones (excluding diaryl/α,β-unsaturated/α-hetero) is 2. The molecule has 6 nitrogen and oxygen atoms in total. The molecule has 3 N–H and O–H groups in total. The van der Waals surface area contributed by atoms with Gasteiger partial charge in [0.05, 0.1) is 11.4 Å². The zero-order chi connectivity index (χ0) is 18.8. The van der Waals surface area contributed by atoms with Crippen LogP contribution in [0, 0.1) is 0 Å². The van der Waals surface area contributed by atoms with Gasteiger partial charge >= 0.3 is 0 Å². The van der Waals surface area contributed by atoms with E-state index in [1.165, 1.54) is 5.57 Å². The Balaban J connectivity index is 2.23. The Morgan fingerprint density at radius 3 is 2.48 bits per heavy atom. The number of carbonyl (C=O) groups excluding carboxylic acids is 2. The van der Waals surface area contributed by atoms with Crippen molar-refractivity contribution in [1.82, 2.24) is 5.32 Å². The number of allylic oxidation sites excluding steroid dienone is 6. The molecule has 0 aromatic rings. The van der Waals surface area contributed by atoms with Crippen LogP contribution in [0.3, 0.4) is 0 Å². The monoisotopic (exact) mass is 364 g/mol. The second-order valence-corrected chi connectivity index (χ2v) is 8.62. The Morgan fingerprint density at radius 1 is 1.16 bits per heavy atom. The lowest BCUT2D eigenvalue weighted by Gasteiger charge is -2.25. The van der Waals surface area contributed by atoms with E-state index in [0.717, 1.165) is 18.4 Å². The van der Waals surface area contributed by atoms with Crippen molar-refractivity contribution in [2.45, 2.75) is 40.0 Å². The molecule has 136 valence electrons. The van der Waals surface area contributed by atoms with E-state index in [1.807, 2.05) is 26.8 Å². The van der Waals surface area contributed by atoms with Gasteiger partial charge in [-0.2, -0.15) is 0 Å². The van der Waals surface area contributed by atoms with E-state index in [9.17, 15) is 18.0 Å². The molecule has 0 atom stereocenters. The minimum atomic E-state index is -3.76. The topological polar surface area (TPSA) is 106 Å². The highest BCUT2D eigenvalue weighted by Gasteiger charge is 2.41. The summed E-state index contributed by atoms with van der Waals surface area (Å²) in [6, 6.07) is 0. The largest absolute Gasteiger partial charge is 0.395 e. The molecule has 0 spiro atoms. The maximum atomic E-state index is 12.6. The minimum Gasteiger partial charge on any atom is -0.395 e. The Labute approximate surface area is 148 Å².